The van der Waals surface area contributed by atoms with E-state index in [0.717, 1.165) is 28.1 Å². The van der Waals surface area contributed by atoms with Gasteiger partial charge in [0.1, 0.15) is 0 Å². The largest absolute Gasteiger partial charge is 0.325 e. The first kappa shape index (κ1) is 17.8. The maximum Gasteiger partial charge on any atom is 0.234 e. The number of rotatable bonds is 6. The van der Waals surface area contributed by atoms with Gasteiger partial charge in [-0.25, -0.2) is 0 Å². The van der Waals surface area contributed by atoms with Crippen molar-refractivity contribution < 1.29 is 4.79 Å². The zero-order valence-corrected chi connectivity index (χ0v) is 15.0. The maximum absolute atomic E-state index is 12.3. The van der Waals surface area contributed by atoms with E-state index < -0.39 is 0 Å². The fourth-order valence-corrected chi connectivity index (χ4v) is 3.37. The summed E-state index contributed by atoms with van der Waals surface area (Å²) in [6.45, 7) is 0. The highest BCUT2D eigenvalue weighted by Crippen LogP contribution is 2.27. The summed E-state index contributed by atoms with van der Waals surface area (Å²) in [5.41, 5.74) is 4.66. The number of para-hydroxylation sites is 1. The van der Waals surface area contributed by atoms with Crippen molar-refractivity contribution in [2.75, 3.05) is 11.1 Å². The van der Waals surface area contributed by atoms with Crippen molar-refractivity contribution >= 4 is 23.4 Å². The van der Waals surface area contributed by atoms with Crippen LogP contribution in [0.3, 0.4) is 0 Å². The van der Waals surface area contributed by atoms with Crippen LogP contribution in [0.25, 0.3) is 11.1 Å². The zero-order chi connectivity index (χ0) is 18.2. The second-order valence-electron chi connectivity index (χ2n) is 5.76. The zero-order valence-electron chi connectivity index (χ0n) is 14.2. The lowest BCUT2D eigenvalue weighted by molar-refractivity contribution is -0.113. The van der Waals surface area contributed by atoms with Crippen molar-refractivity contribution in [3.05, 3.63) is 90.0 Å². The van der Waals surface area contributed by atoms with Crippen LogP contribution in [0.4, 0.5) is 5.69 Å². The van der Waals surface area contributed by atoms with Gasteiger partial charge in [0.15, 0.2) is 0 Å². The summed E-state index contributed by atoms with van der Waals surface area (Å²) >= 11 is 1.55. The molecule has 0 unspecified atom stereocenters. The van der Waals surface area contributed by atoms with Gasteiger partial charge >= 0.3 is 0 Å². The van der Waals surface area contributed by atoms with Gasteiger partial charge in [-0.05, 0) is 29.3 Å². The third-order valence-electron chi connectivity index (χ3n) is 3.87. The first-order valence-corrected chi connectivity index (χ1v) is 9.43. The lowest BCUT2D eigenvalue weighted by Crippen LogP contribution is -2.14. The van der Waals surface area contributed by atoms with Gasteiger partial charge < -0.3 is 5.32 Å². The van der Waals surface area contributed by atoms with Gasteiger partial charge in [-0.1, -0.05) is 60.7 Å². The predicted octanol–water partition coefficient (Wildman–Crippen LogP) is 5.10. The Morgan fingerprint density at radius 1 is 0.923 bits per heavy atom. The normalized spacial score (nSPS) is 10.1. The molecule has 0 fully saturated rings. The van der Waals surface area contributed by atoms with Crippen molar-refractivity contribution in [3.8, 4) is 17.2 Å². The quantitative estimate of drug-likeness (QED) is 0.667. The maximum atomic E-state index is 12.3. The van der Waals surface area contributed by atoms with Crippen molar-refractivity contribution in [2.45, 2.75) is 5.75 Å². The van der Waals surface area contributed by atoms with E-state index in [-0.39, 0.29) is 5.91 Å². The number of nitrogens with one attached hydrogen (secondary N) is 1. The van der Waals surface area contributed by atoms with Gasteiger partial charge in [0, 0.05) is 17.0 Å². The minimum Gasteiger partial charge on any atom is -0.325 e. The number of nitriles is 1. The fraction of sp³-hybridized carbons (Fsp3) is 0.0909. The summed E-state index contributed by atoms with van der Waals surface area (Å²) in [6, 6.07) is 27.4. The first-order chi connectivity index (χ1) is 12.8. The Hall–Kier alpha value is -3.03. The molecule has 0 bridgehead atoms. The third-order valence-corrected chi connectivity index (χ3v) is 4.87. The van der Waals surface area contributed by atoms with Crippen LogP contribution in [0.2, 0.25) is 0 Å². The standard InChI is InChI=1S/C22H18N2OS/c23-14-17-10-12-18(13-11-17)15-26-16-22(25)24-21-9-5-4-8-20(21)19-6-2-1-3-7-19/h1-13H,15-16H2,(H,24,25). The highest BCUT2D eigenvalue weighted by atomic mass is 32.2. The number of thioether (sulfide) groups is 1. The average molecular weight is 358 g/mol. The molecule has 0 aromatic heterocycles. The highest BCUT2D eigenvalue weighted by molar-refractivity contribution is 7.99. The Labute approximate surface area is 157 Å². The minimum atomic E-state index is -0.0213. The predicted molar refractivity (Wildman–Crippen MR) is 108 cm³/mol. The van der Waals surface area contributed by atoms with Crippen LogP contribution in [0, 0.1) is 11.3 Å². The SMILES string of the molecule is N#Cc1ccc(CSCC(=O)Nc2ccccc2-c2ccccc2)cc1. The molecular weight excluding hydrogens is 340 g/mol. The van der Waals surface area contributed by atoms with Crippen LogP contribution in [-0.2, 0) is 10.5 Å². The molecule has 0 radical (unpaired) electrons. The van der Waals surface area contributed by atoms with Gasteiger partial charge in [0.05, 0.1) is 17.4 Å². The summed E-state index contributed by atoms with van der Waals surface area (Å²) in [5.74, 6) is 1.09. The van der Waals surface area contributed by atoms with Gasteiger partial charge in [0.25, 0.3) is 0 Å². The molecule has 128 valence electrons. The summed E-state index contributed by atoms with van der Waals surface area (Å²) < 4.78 is 0. The summed E-state index contributed by atoms with van der Waals surface area (Å²) in [6.07, 6.45) is 0. The van der Waals surface area contributed by atoms with Crippen molar-refractivity contribution in [3.63, 3.8) is 0 Å². The molecule has 0 atom stereocenters. The third kappa shape index (κ3) is 4.75. The molecule has 0 saturated heterocycles. The second-order valence-corrected chi connectivity index (χ2v) is 6.75. The number of amides is 1. The van der Waals surface area contributed by atoms with Gasteiger partial charge in [-0.15, -0.1) is 11.8 Å². The molecule has 26 heavy (non-hydrogen) atoms. The van der Waals surface area contributed by atoms with Gasteiger partial charge in [-0.3, -0.25) is 4.79 Å². The fourth-order valence-electron chi connectivity index (χ4n) is 2.58. The van der Waals surface area contributed by atoms with E-state index in [1.54, 1.807) is 23.9 Å². The molecule has 0 heterocycles. The molecule has 0 saturated carbocycles. The minimum absolute atomic E-state index is 0.0213. The topological polar surface area (TPSA) is 52.9 Å². The Bertz CT molecular complexity index is 915. The van der Waals surface area contributed by atoms with E-state index in [1.165, 1.54) is 0 Å². The van der Waals surface area contributed by atoms with Crippen LogP contribution in [0.5, 0.6) is 0 Å². The van der Waals surface area contributed by atoms with E-state index in [1.807, 2.05) is 66.7 Å². The molecule has 0 aliphatic carbocycles. The molecule has 1 amide bonds. The van der Waals surface area contributed by atoms with Crippen LogP contribution >= 0.6 is 11.8 Å². The molecule has 4 heteroatoms. The summed E-state index contributed by atoms with van der Waals surface area (Å²) in [7, 11) is 0. The molecule has 3 rings (SSSR count). The van der Waals surface area contributed by atoms with Crippen LogP contribution in [0.1, 0.15) is 11.1 Å². The average Bonchev–Trinajstić information content (AvgIpc) is 2.69. The number of hydrogen-bond acceptors (Lipinski definition) is 3. The van der Waals surface area contributed by atoms with Crippen LogP contribution in [-0.4, -0.2) is 11.7 Å². The molecule has 0 aliphatic rings. The number of carbonyl (C=O) groups excluding carboxylic acids is 1. The van der Waals surface area contributed by atoms with E-state index >= 15 is 0 Å². The molecule has 0 aliphatic heterocycles. The molecule has 3 nitrogen and oxygen atoms in total. The lowest BCUT2D eigenvalue weighted by atomic mass is 10.0. The van der Waals surface area contributed by atoms with Crippen molar-refractivity contribution in [2.24, 2.45) is 0 Å². The number of anilines is 1. The number of carbonyl (C=O) groups is 1. The molecular formula is C22H18N2OS. The van der Waals surface area contributed by atoms with Crippen molar-refractivity contribution in [1.82, 2.24) is 0 Å². The van der Waals surface area contributed by atoms with Crippen LogP contribution < -0.4 is 5.32 Å². The summed E-state index contributed by atoms with van der Waals surface area (Å²) in [4.78, 5) is 12.3. The van der Waals surface area contributed by atoms with E-state index in [0.29, 0.717) is 11.3 Å². The number of hydrogen-bond donors (Lipinski definition) is 1. The van der Waals surface area contributed by atoms with E-state index in [2.05, 4.69) is 11.4 Å². The molecule has 0 spiro atoms. The van der Waals surface area contributed by atoms with Crippen LogP contribution in [0.15, 0.2) is 78.9 Å². The number of nitrogens with zero attached hydrogens (tertiary/aromatic N) is 1. The van der Waals surface area contributed by atoms with E-state index in [9.17, 15) is 4.79 Å². The Morgan fingerprint density at radius 3 is 2.35 bits per heavy atom. The first-order valence-electron chi connectivity index (χ1n) is 8.27. The highest BCUT2D eigenvalue weighted by Gasteiger charge is 2.08. The molecule has 3 aromatic rings. The number of benzene rings is 3. The molecule has 3 aromatic carbocycles. The van der Waals surface area contributed by atoms with E-state index in [4.69, 9.17) is 5.26 Å². The Kier molecular flexibility index (Phi) is 6.08. The smallest absolute Gasteiger partial charge is 0.234 e. The molecule has 1 N–H and O–H groups in total. The Morgan fingerprint density at radius 2 is 1.62 bits per heavy atom. The lowest BCUT2D eigenvalue weighted by Gasteiger charge is -2.11. The van der Waals surface area contributed by atoms with Gasteiger partial charge in [0.2, 0.25) is 5.91 Å². The van der Waals surface area contributed by atoms with Gasteiger partial charge in [-0.2, -0.15) is 5.26 Å². The second kappa shape index (κ2) is 8.89. The summed E-state index contributed by atoms with van der Waals surface area (Å²) in [5, 5.41) is 11.8. The monoisotopic (exact) mass is 358 g/mol. The van der Waals surface area contributed by atoms with Crippen molar-refractivity contribution in [1.29, 1.82) is 5.26 Å². The Balaban J connectivity index is 1.58.